The summed E-state index contributed by atoms with van der Waals surface area (Å²) in [5.74, 6) is -3.08. The molecule has 86 valence electrons. The van der Waals surface area contributed by atoms with Crippen molar-refractivity contribution in [2.24, 2.45) is 11.7 Å². The maximum atomic E-state index is 12.7. The van der Waals surface area contributed by atoms with Gasteiger partial charge >= 0.3 is 0 Å². The van der Waals surface area contributed by atoms with Gasteiger partial charge in [-0.3, -0.25) is 0 Å². The van der Waals surface area contributed by atoms with E-state index in [1.165, 1.54) is 0 Å². The van der Waals surface area contributed by atoms with Crippen molar-refractivity contribution in [3.63, 3.8) is 0 Å². The zero-order valence-electron chi connectivity index (χ0n) is 9.16. The van der Waals surface area contributed by atoms with Crippen molar-refractivity contribution in [2.45, 2.75) is 25.3 Å². The normalized spacial score (nSPS) is 24.6. The smallest absolute Gasteiger partial charge is 0.255 e. The van der Waals surface area contributed by atoms with E-state index in [2.05, 4.69) is 0 Å². The molecule has 0 amide bonds. The van der Waals surface area contributed by atoms with Gasteiger partial charge in [0.05, 0.1) is 0 Å². The summed E-state index contributed by atoms with van der Waals surface area (Å²) in [6, 6.07) is 7.53. The minimum atomic E-state index is -2.49. The molecule has 1 fully saturated rings. The van der Waals surface area contributed by atoms with Crippen LogP contribution in [0, 0.1) is 5.92 Å². The molecule has 2 rings (SSSR count). The highest BCUT2D eigenvalue weighted by Crippen LogP contribution is 2.49. The highest BCUT2D eigenvalue weighted by atomic mass is 19.3. The predicted molar refractivity (Wildman–Crippen MR) is 61.1 cm³/mol. The zero-order valence-corrected chi connectivity index (χ0v) is 9.16. The largest absolute Gasteiger partial charge is 0.324 e. The van der Waals surface area contributed by atoms with Crippen LogP contribution in [0.25, 0.3) is 6.08 Å². The van der Waals surface area contributed by atoms with Gasteiger partial charge in [0, 0.05) is 18.4 Å². The summed E-state index contributed by atoms with van der Waals surface area (Å²) >= 11 is 0. The van der Waals surface area contributed by atoms with Crippen LogP contribution in [-0.2, 0) is 0 Å². The molecule has 0 bridgehead atoms. The lowest BCUT2D eigenvalue weighted by atomic mass is 10.0. The Hall–Kier alpha value is -1.22. The third kappa shape index (κ3) is 2.30. The molecule has 0 spiro atoms. The molecule has 1 aliphatic carbocycles. The summed E-state index contributed by atoms with van der Waals surface area (Å²) in [7, 11) is 0. The molecular formula is C13H15F2N. The van der Waals surface area contributed by atoms with Gasteiger partial charge in [-0.25, -0.2) is 8.78 Å². The van der Waals surface area contributed by atoms with Crippen molar-refractivity contribution in [1.82, 2.24) is 0 Å². The Morgan fingerprint density at radius 1 is 1.44 bits per heavy atom. The second kappa shape index (κ2) is 3.98. The molecule has 2 atom stereocenters. The van der Waals surface area contributed by atoms with Crippen LogP contribution < -0.4 is 5.73 Å². The number of allylic oxidation sites excluding steroid dienone is 1. The van der Waals surface area contributed by atoms with Gasteiger partial charge in [0.1, 0.15) is 0 Å². The molecule has 3 heteroatoms. The van der Waals surface area contributed by atoms with Gasteiger partial charge in [-0.2, -0.15) is 0 Å². The third-order valence-corrected chi connectivity index (χ3v) is 2.87. The van der Waals surface area contributed by atoms with E-state index in [1.807, 2.05) is 31.2 Å². The number of halogens is 2. The monoisotopic (exact) mass is 223 g/mol. The van der Waals surface area contributed by atoms with Gasteiger partial charge < -0.3 is 5.73 Å². The Kier molecular flexibility index (Phi) is 2.80. The fraction of sp³-hybridized carbons (Fsp3) is 0.385. The van der Waals surface area contributed by atoms with E-state index in [-0.39, 0.29) is 12.5 Å². The second-order valence-electron chi connectivity index (χ2n) is 4.35. The van der Waals surface area contributed by atoms with Crippen molar-refractivity contribution in [2.75, 3.05) is 0 Å². The fourth-order valence-electron chi connectivity index (χ4n) is 1.74. The van der Waals surface area contributed by atoms with Gasteiger partial charge in [-0.1, -0.05) is 36.4 Å². The van der Waals surface area contributed by atoms with Crippen LogP contribution in [0.2, 0.25) is 0 Å². The maximum absolute atomic E-state index is 12.7. The summed E-state index contributed by atoms with van der Waals surface area (Å²) in [6.45, 7) is 1.89. The molecule has 1 aromatic carbocycles. The SMILES string of the molecule is C[C@H](N)c1ccccc1/C=C/C1CC1(F)F. The van der Waals surface area contributed by atoms with Gasteiger partial charge in [-0.05, 0) is 18.1 Å². The molecule has 0 saturated heterocycles. The zero-order chi connectivity index (χ0) is 11.8. The van der Waals surface area contributed by atoms with E-state index >= 15 is 0 Å². The van der Waals surface area contributed by atoms with Crippen LogP contribution >= 0.6 is 0 Å². The topological polar surface area (TPSA) is 26.0 Å². The van der Waals surface area contributed by atoms with Crippen LogP contribution in [0.5, 0.6) is 0 Å². The summed E-state index contributed by atoms with van der Waals surface area (Å²) in [6.07, 6.45) is 3.31. The first-order valence-electron chi connectivity index (χ1n) is 5.41. The standard InChI is InChI=1S/C13H15F2N/c1-9(16)12-5-3-2-4-10(12)6-7-11-8-13(11,14)15/h2-7,9,11H,8,16H2,1H3/b7-6+/t9-,11?/m0/s1. The lowest BCUT2D eigenvalue weighted by Crippen LogP contribution is -2.06. The Balaban J connectivity index is 2.15. The fourth-order valence-corrected chi connectivity index (χ4v) is 1.74. The Morgan fingerprint density at radius 2 is 2.06 bits per heavy atom. The van der Waals surface area contributed by atoms with Gasteiger partial charge in [0.25, 0.3) is 5.92 Å². The molecule has 16 heavy (non-hydrogen) atoms. The first kappa shape index (κ1) is 11.3. The van der Waals surface area contributed by atoms with Gasteiger partial charge in [0.15, 0.2) is 0 Å². The van der Waals surface area contributed by atoms with Crippen molar-refractivity contribution >= 4 is 6.08 Å². The maximum Gasteiger partial charge on any atom is 0.255 e. The Morgan fingerprint density at radius 3 is 2.62 bits per heavy atom. The molecule has 0 radical (unpaired) electrons. The number of rotatable bonds is 3. The molecule has 1 nitrogen and oxygen atoms in total. The summed E-state index contributed by atoms with van der Waals surface area (Å²) in [5, 5.41) is 0. The first-order chi connectivity index (χ1) is 7.50. The average Bonchev–Trinajstić information content (AvgIpc) is 2.84. The minimum absolute atomic E-state index is 0.0240. The van der Waals surface area contributed by atoms with Crippen LogP contribution in [-0.4, -0.2) is 5.92 Å². The van der Waals surface area contributed by atoms with Crippen LogP contribution in [0.3, 0.4) is 0 Å². The molecule has 1 unspecified atom stereocenters. The van der Waals surface area contributed by atoms with Crippen LogP contribution in [0.15, 0.2) is 30.3 Å². The lowest BCUT2D eigenvalue weighted by molar-refractivity contribution is 0.107. The molecule has 1 aliphatic rings. The number of alkyl halides is 2. The molecule has 0 aromatic heterocycles. The van der Waals surface area contributed by atoms with Crippen molar-refractivity contribution in [3.05, 3.63) is 41.5 Å². The molecule has 2 N–H and O–H groups in total. The van der Waals surface area contributed by atoms with E-state index in [4.69, 9.17) is 5.73 Å². The summed E-state index contributed by atoms with van der Waals surface area (Å²) in [4.78, 5) is 0. The van der Waals surface area contributed by atoms with Gasteiger partial charge in [0.2, 0.25) is 0 Å². The number of hydrogen-bond acceptors (Lipinski definition) is 1. The van der Waals surface area contributed by atoms with E-state index in [1.54, 1.807) is 12.2 Å². The number of nitrogens with two attached hydrogens (primary N) is 1. The average molecular weight is 223 g/mol. The summed E-state index contributed by atoms with van der Waals surface area (Å²) in [5.41, 5.74) is 7.73. The molecule has 0 heterocycles. The Labute approximate surface area is 94.0 Å². The number of hydrogen-bond donors (Lipinski definition) is 1. The molecular weight excluding hydrogens is 208 g/mol. The molecule has 1 saturated carbocycles. The Bertz CT molecular complexity index is 410. The van der Waals surface area contributed by atoms with Crippen molar-refractivity contribution < 1.29 is 8.78 Å². The van der Waals surface area contributed by atoms with E-state index < -0.39 is 11.8 Å². The second-order valence-corrected chi connectivity index (χ2v) is 4.35. The van der Waals surface area contributed by atoms with Crippen molar-refractivity contribution in [1.29, 1.82) is 0 Å². The number of benzene rings is 1. The van der Waals surface area contributed by atoms with E-state index in [0.717, 1.165) is 11.1 Å². The quantitative estimate of drug-likeness (QED) is 0.835. The minimum Gasteiger partial charge on any atom is -0.324 e. The van der Waals surface area contributed by atoms with E-state index in [9.17, 15) is 8.78 Å². The third-order valence-electron chi connectivity index (χ3n) is 2.87. The summed E-state index contributed by atoms with van der Waals surface area (Å²) < 4.78 is 25.4. The van der Waals surface area contributed by atoms with Crippen LogP contribution in [0.1, 0.15) is 30.5 Å². The lowest BCUT2D eigenvalue weighted by Gasteiger charge is -2.09. The highest BCUT2D eigenvalue weighted by Gasteiger charge is 2.55. The first-order valence-corrected chi connectivity index (χ1v) is 5.41. The van der Waals surface area contributed by atoms with Crippen molar-refractivity contribution in [3.8, 4) is 0 Å². The highest BCUT2D eigenvalue weighted by molar-refractivity contribution is 5.55. The molecule has 0 aliphatic heterocycles. The molecule has 1 aromatic rings. The van der Waals surface area contributed by atoms with Gasteiger partial charge in [-0.15, -0.1) is 0 Å². The van der Waals surface area contributed by atoms with E-state index in [0.29, 0.717) is 0 Å². The van der Waals surface area contributed by atoms with Crippen LogP contribution in [0.4, 0.5) is 8.78 Å². The predicted octanol–water partition coefficient (Wildman–Crippen LogP) is 3.37.